The minimum Gasteiger partial charge on any atom is -0.492 e. The van der Waals surface area contributed by atoms with E-state index < -0.39 is 0 Å². The van der Waals surface area contributed by atoms with Crippen LogP contribution in [0.25, 0.3) is 0 Å². The van der Waals surface area contributed by atoms with E-state index in [-0.39, 0.29) is 0 Å². The Labute approximate surface area is 116 Å². The molecule has 0 saturated heterocycles. The van der Waals surface area contributed by atoms with Gasteiger partial charge < -0.3 is 19.9 Å². The number of thiocarbonyl (C=S) groups is 1. The normalized spacial score (nSPS) is 10.0. The molecule has 5 nitrogen and oxygen atoms in total. The molecule has 1 heterocycles. The molecule has 0 aliphatic heterocycles. The van der Waals surface area contributed by atoms with Crippen LogP contribution in [-0.2, 0) is 0 Å². The van der Waals surface area contributed by atoms with Crippen molar-refractivity contribution in [2.45, 2.75) is 13.8 Å². The van der Waals surface area contributed by atoms with Gasteiger partial charge in [0.1, 0.15) is 11.5 Å². The fourth-order valence-corrected chi connectivity index (χ4v) is 1.76. The van der Waals surface area contributed by atoms with Crippen molar-refractivity contribution in [1.29, 1.82) is 0 Å². The summed E-state index contributed by atoms with van der Waals surface area (Å²) in [6.45, 7) is 4.35. The highest BCUT2D eigenvalue weighted by Gasteiger charge is 2.06. The van der Waals surface area contributed by atoms with E-state index in [1.54, 1.807) is 6.07 Å². The Morgan fingerprint density at radius 2 is 2.16 bits per heavy atom. The Morgan fingerprint density at radius 3 is 2.84 bits per heavy atom. The Kier molecular flexibility index (Phi) is 4.35. The van der Waals surface area contributed by atoms with Crippen molar-refractivity contribution in [2.75, 3.05) is 17.2 Å². The van der Waals surface area contributed by atoms with Crippen LogP contribution in [0.15, 0.2) is 34.9 Å². The molecular formula is C13H15N3O2S. The molecule has 0 fully saturated rings. The number of aromatic nitrogens is 1. The van der Waals surface area contributed by atoms with Crippen molar-refractivity contribution in [1.82, 2.24) is 5.16 Å². The number of rotatable bonds is 4. The smallest absolute Gasteiger partial charge is 0.176 e. The molecule has 0 radical (unpaired) electrons. The fraction of sp³-hybridized carbons (Fsp3) is 0.231. The van der Waals surface area contributed by atoms with Crippen molar-refractivity contribution in [3.05, 3.63) is 36.1 Å². The first kappa shape index (κ1) is 13.4. The minimum absolute atomic E-state index is 0.431. The van der Waals surface area contributed by atoms with E-state index >= 15 is 0 Å². The van der Waals surface area contributed by atoms with Crippen LogP contribution in [0.4, 0.5) is 11.5 Å². The molecule has 2 aromatic rings. The first-order chi connectivity index (χ1) is 9.19. The Bertz CT molecular complexity index is 569. The molecule has 6 heteroatoms. The van der Waals surface area contributed by atoms with Gasteiger partial charge in [-0.1, -0.05) is 17.3 Å². The number of benzene rings is 1. The van der Waals surface area contributed by atoms with Gasteiger partial charge in [-0.2, -0.15) is 0 Å². The highest BCUT2D eigenvalue weighted by molar-refractivity contribution is 7.80. The molecule has 2 N–H and O–H groups in total. The highest BCUT2D eigenvalue weighted by atomic mass is 32.1. The summed E-state index contributed by atoms with van der Waals surface area (Å²) < 4.78 is 10.5. The molecule has 0 atom stereocenters. The molecule has 0 aliphatic carbocycles. The van der Waals surface area contributed by atoms with Crippen molar-refractivity contribution < 1.29 is 9.26 Å². The Balaban J connectivity index is 2.02. The number of ether oxygens (including phenoxy) is 1. The third kappa shape index (κ3) is 3.69. The number of nitrogens with zero attached hydrogens (tertiary/aromatic N) is 1. The predicted molar refractivity (Wildman–Crippen MR) is 78.7 cm³/mol. The zero-order valence-corrected chi connectivity index (χ0v) is 11.6. The largest absolute Gasteiger partial charge is 0.492 e. The van der Waals surface area contributed by atoms with Gasteiger partial charge in [-0.15, -0.1) is 0 Å². The van der Waals surface area contributed by atoms with E-state index in [9.17, 15) is 0 Å². The third-order valence-electron chi connectivity index (χ3n) is 2.30. The maximum Gasteiger partial charge on any atom is 0.176 e. The first-order valence-electron chi connectivity index (χ1n) is 5.92. The summed E-state index contributed by atoms with van der Waals surface area (Å²) >= 11 is 5.21. The van der Waals surface area contributed by atoms with Crippen LogP contribution in [0, 0.1) is 6.92 Å². The summed E-state index contributed by atoms with van der Waals surface area (Å²) in [5.74, 6) is 2.05. The monoisotopic (exact) mass is 277 g/mol. The summed E-state index contributed by atoms with van der Waals surface area (Å²) in [5, 5.41) is 10.2. The van der Waals surface area contributed by atoms with E-state index in [1.807, 2.05) is 38.1 Å². The lowest BCUT2D eigenvalue weighted by Crippen LogP contribution is -2.19. The van der Waals surface area contributed by atoms with E-state index in [4.69, 9.17) is 21.5 Å². The standard InChI is InChI=1S/C13H15N3O2S/c1-3-17-11-7-5-4-6-10(11)14-13(19)15-12-8-9(2)18-16-12/h4-8H,3H2,1-2H3,(H2,14,15,16,19). The molecule has 0 bridgehead atoms. The molecule has 2 rings (SSSR count). The molecule has 1 aromatic heterocycles. The fourth-order valence-electron chi connectivity index (χ4n) is 1.55. The van der Waals surface area contributed by atoms with Crippen LogP contribution in [0.3, 0.4) is 0 Å². The third-order valence-corrected chi connectivity index (χ3v) is 2.51. The molecule has 0 aliphatic rings. The molecule has 1 aromatic carbocycles. The number of aryl methyl sites for hydroxylation is 1. The maximum atomic E-state index is 5.51. The summed E-state index contributed by atoms with van der Waals surface area (Å²) in [5.41, 5.74) is 0.807. The molecule has 0 unspecified atom stereocenters. The van der Waals surface area contributed by atoms with E-state index in [0.29, 0.717) is 17.5 Å². The lowest BCUT2D eigenvalue weighted by atomic mass is 10.3. The average molecular weight is 277 g/mol. The van der Waals surface area contributed by atoms with Gasteiger partial charge in [-0.3, -0.25) is 0 Å². The average Bonchev–Trinajstić information content (AvgIpc) is 2.77. The number of hydrogen-bond acceptors (Lipinski definition) is 4. The van der Waals surface area contributed by atoms with Gasteiger partial charge in [0.15, 0.2) is 10.9 Å². The number of nitrogens with one attached hydrogen (secondary N) is 2. The number of anilines is 2. The maximum absolute atomic E-state index is 5.51. The highest BCUT2D eigenvalue weighted by Crippen LogP contribution is 2.23. The molecular weight excluding hydrogens is 262 g/mol. The van der Waals surface area contributed by atoms with Gasteiger partial charge in [0.25, 0.3) is 0 Å². The molecule has 100 valence electrons. The van der Waals surface area contributed by atoms with Crippen molar-refractivity contribution in [2.24, 2.45) is 0 Å². The van der Waals surface area contributed by atoms with Gasteiger partial charge in [0.2, 0.25) is 0 Å². The zero-order chi connectivity index (χ0) is 13.7. The van der Waals surface area contributed by atoms with Crippen LogP contribution in [0.2, 0.25) is 0 Å². The van der Waals surface area contributed by atoms with Crippen molar-refractivity contribution >= 4 is 28.8 Å². The number of hydrogen-bond donors (Lipinski definition) is 2. The lowest BCUT2D eigenvalue weighted by molar-refractivity contribution is 0.342. The van der Waals surface area contributed by atoms with Gasteiger partial charge in [-0.05, 0) is 38.2 Å². The van der Waals surface area contributed by atoms with Crippen molar-refractivity contribution in [3.8, 4) is 5.75 Å². The van der Waals surface area contributed by atoms with Crippen LogP contribution >= 0.6 is 12.2 Å². The van der Waals surface area contributed by atoms with E-state index in [2.05, 4.69) is 15.8 Å². The van der Waals surface area contributed by atoms with E-state index in [0.717, 1.165) is 17.2 Å². The zero-order valence-electron chi connectivity index (χ0n) is 10.8. The Morgan fingerprint density at radius 1 is 1.37 bits per heavy atom. The second-order valence-corrected chi connectivity index (χ2v) is 4.24. The number of para-hydroxylation sites is 2. The Hall–Kier alpha value is -2.08. The summed E-state index contributed by atoms with van der Waals surface area (Å²) in [7, 11) is 0. The molecule has 19 heavy (non-hydrogen) atoms. The van der Waals surface area contributed by atoms with Crippen LogP contribution in [-0.4, -0.2) is 16.9 Å². The predicted octanol–water partition coefficient (Wildman–Crippen LogP) is 3.19. The SMILES string of the molecule is CCOc1ccccc1NC(=S)Nc1cc(C)on1. The summed E-state index contributed by atoms with van der Waals surface area (Å²) in [6, 6.07) is 9.37. The van der Waals surface area contributed by atoms with Gasteiger partial charge in [-0.25, -0.2) is 0 Å². The van der Waals surface area contributed by atoms with Crippen LogP contribution < -0.4 is 15.4 Å². The summed E-state index contributed by atoms with van der Waals surface area (Å²) in [6.07, 6.45) is 0. The molecule has 0 amide bonds. The van der Waals surface area contributed by atoms with Crippen LogP contribution in [0.5, 0.6) is 5.75 Å². The van der Waals surface area contributed by atoms with Gasteiger partial charge >= 0.3 is 0 Å². The quantitative estimate of drug-likeness (QED) is 0.837. The van der Waals surface area contributed by atoms with Gasteiger partial charge in [0, 0.05) is 6.07 Å². The van der Waals surface area contributed by atoms with Crippen molar-refractivity contribution in [3.63, 3.8) is 0 Å². The second-order valence-electron chi connectivity index (χ2n) is 3.83. The van der Waals surface area contributed by atoms with Crippen LogP contribution in [0.1, 0.15) is 12.7 Å². The topological polar surface area (TPSA) is 59.3 Å². The second kappa shape index (κ2) is 6.19. The lowest BCUT2D eigenvalue weighted by Gasteiger charge is -2.12. The van der Waals surface area contributed by atoms with Gasteiger partial charge in [0.05, 0.1) is 12.3 Å². The molecule has 0 saturated carbocycles. The minimum atomic E-state index is 0.431. The van der Waals surface area contributed by atoms with E-state index in [1.165, 1.54) is 0 Å². The summed E-state index contributed by atoms with van der Waals surface area (Å²) in [4.78, 5) is 0. The molecule has 0 spiro atoms. The first-order valence-corrected chi connectivity index (χ1v) is 6.33.